The third kappa shape index (κ3) is 1.52. The van der Waals surface area contributed by atoms with E-state index in [-0.39, 0.29) is 0 Å². The summed E-state index contributed by atoms with van der Waals surface area (Å²) in [6.45, 7) is 2.99. The average Bonchev–Trinajstić information content (AvgIpc) is 2.48. The van der Waals surface area contributed by atoms with E-state index >= 15 is 0 Å². The molecule has 3 rings (SSSR count). The summed E-state index contributed by atoms with van der Waals surface area (Å²) in [5.74, 6) is 0. The number of fused-ring (bicyclic) bond motifs is 2. The maximum absolute atomic E-state index is 3.47. The predicted molar refractivity (Wildman–Crippen MR) is 68.2 cm³/mol. The number of hydrogen-bond acceptors (Lipinski definition) is 2. The second-order valence-electron chi connectivity index (χ2n) is 4.18. The van der Waals surface area contributed by atoms with Crippen molar-refractivity contribution >= 4 is 17.1 Å². The molecule has 80 valence electrons. The Kier molecular flexibility index (Phi) is 2.07. The van der Waals surface area contributed by atoms with Gasteiger partial charge in [0.2, 0.25) is 0 Å². The van der Waals surface area contributed by atoms with Gasteiger partial charge in [0.1, 0.15) is 0 Å². The van der Waals surface area contributed by atoms with Gasteiger partial charge in [-0.2, -0.15) is 0 Å². The fourth-order valence-electron chi connectivity index (χ4n) is 2.05. The van der Waals surface area contributed by atoms with Crippen molar-refractivity contribution in [3.05, 3.63) is 53.6 Å². The lowest BCUT2D eigenvalue weighted by atomic mass is 10.2. The van der Waals surface area contributed by atoms with Crippen LogP contribution in [0.5, 0.6) is 0 Å². The normalized spacial score (nSPS) is 12.8. The molecule has 0 unspecified atom stereocenters. The van der Waals surface area contributed by atoms with Crippen molar-refractivity contribution in [3.8, 4) is 0 Å². The Hall–Kier alpha value is -1.96. The van der Waals surface area contributed by atoms with Gasteiger partial charge in [0.15, 0.2) is 0 Å². The van der Waals surface area contributed by atoms with Crippen LogP contribution in [-0.2, 0) is 6.54 Å². The van der Waals surface area contributed by atoms with Crippen LogP contribution in [0.3, 0.4) is 0 Å². The van der Waals surface area contributed by atoms with Gasteiger partial charge in [-0.1, -0.05) is 24.3 Å². The Morgan fingerprint density at radius 1 is 0.938 bits per heavy atom. The molecule has 0 aromatic heterocycles. The van der Waals surface area contributed by atoms with E-state index in [0.29, 0.717) is 0 Å². The van der Waals surface area contributed by atoms with Crippen LogP contribution in [0.15, 0.2) is 42.5 Å². The fraction of sp³-hybridized carbons (Fsp3) is 0.143. The molecule has 16 heavy (non-hydrogen) atoms. The summed E-state index contributed by atoms with van der Waals surface area (Å²) in [7, 11) is 0. The van der Waals surface area contributed by atoms with Gasteiger partial charge in [0.25, 0.3) is 0 Å². The Morgan fingerprint density at radius 3 is 2.75 bits per heavy atom. The van der Waals surface area contributed by atoms with Crippen LogP contribution in [0.25, 0.3) is 0 Å². The highest BCUT2D eigenvalue weighted by Crippen LogP contribution is 2.32. The zero-order valence-corrected chi connectivity index (χ0v) is 9.25. The maximum Gasteiger partial charge on any atom is 0.0620 e. The highest BCUT2D eigenvalue weighted by atomic mass is 15.0. The second kappa shape index (κ2) is 3.56. The van der Waals surface area contributed by atoms with Gasteiger partial charge in [-0.05, 0) is 36.2 Å². The van der Waals surface area contributed by atoms with Gasteiger partial charge in [0, 0.05) is 12.2 Å². The summed E-state index contributed by atoms with van der Waals surface area (Å²) in [4.78, 5) is 0. The first-order chi connectivity index (χ1) is 7.83. The number of rotatable bonds is 0. The fourth-order valence-corrected chi connectivity index (χ4v) is 2.05. The molecule has 1 aliphatic rings. The van der Waals surface area contributed by atoms with Crippen LogP contribution >= 0.6 is 0 Å². The lowest BCUT2D eigenvalue weighted by Gasteiger charge is -2.09. The van der Waals surface area contributed by atoms with E-state index in [1.54, 1.807) is 0 Å². The maximum atomic E-state index is 3.47. The molecule has 0 bridgehead atoms. The predicted octanol–water partition coefficient (Wildman–Crippen LogP) is 3.66. The molecule has 0 radical (unpaired) electrons. The number of anilines is 3. The highest BCUT2D eigenvalue weighted by molar-refractivity contribution is 5.78. The van der Waals surface area contributed by atoms with Crippen LogP contribution in [0, 0.1) is 6.92 Å². The molecule has 2 N–H and O–H groups in total. The number of aryl methyl sites for hydroxylation is 1. The molecular weight excluding hydrogens is 196 g/mol. The molecule has 0 saturated carbocycles. The summed E-state index contributed by atoms with van der Waals surface area (Å²) in [5.41, 5.74) is 6.10. The molecule has 2 nitrogen and oxygen atoms in total. The molecule has 0 aliphatic carbocycles. The molecule has 2 heteroatoms. The number of benzene rings is 2. The minimum Gasteiger partial charge on any atom is -0.379 e. The Labute approximate surface area is 95.3 Å². The van der Waals surface area contributed by atoms with Crippen molar-refractivity contribution in [2.24, 2.45) is 0 Å². The molecule has 0 spiro atoms. The van der Waals surface area contributed by atoms with Gasteiger partial charge < -0.3 is 10.6 Å². The third-order valence-corrected chi connectivity index (χ3v) is 2.93. The lowest BCUT2D eigenvalue weighted by molar-refractivity contribution is 1.17. The summed E-state index contributed by atoms with van der Waals surface area (Å²) < 4.78 is 0. The average molecular weight is 210 g/mol. The summed E-state index contributed by atoms with van der Waals surface area (Å²) in [6, 6.07) is 14.8. The first kappa shape index (κ1) is 9.28. The molecule has 0 fully saturated rings. The summed E-state index contributed by atoms with van der Waals surface area (Å²) in [6.07, 6.45) is 0. The van der Waals surface area contributed by atoms with E-state index < -0.39 is 0 Å². The van der Waals surface area contributed by atoms with E-state index in [2.05, 4.69) is 60.0 Å². The van der Waals surface area contributed by atoms with Crippen molar-refractivity contribution in [2.45, 2.75) is 13.5 Å². The Bertz CT molecular complexity index is 532. The van der Waals surface area contributed by atoms with E-state index in [9.17, 15) is 0 Å². The van der Waals surface area contributed by atoms with E-state index in [1.165, 1.54) is 22.5 Å². The standard InChI is InChI=1S/C14H14N2/c1-10-6-7-13-14(8-10)15-9-11-4-2-3-5-12(11)16-13/h2-8,15-16H,9H2,1H3. The largest absolute Gasteiger partial charge is 0.379 e. The Balaban J connectivity index is 2.08. The van der Waals surface area contributed by atoms with Crippen molar-refractivity contribution in [3.63, 3.8) is 0 Å². The van der Waals surface area contributed by atoms with Crippen molar-refractivity contribution in [1.82, 2.24) is 0 Å². The van der Waals surface area contributed by atoms with Crippen LogP contribution in [-0.4, -0.2) is 0 Å². The van der Waals surface area contributed by atoms with Crippen LogP contribution < -0.4 is 10.6 Å². The van der Waals surface area contributed by atoms with Crippen molar-refractivity contribution in [2.75, 3.05) is 10.6 Å². The minimum absolute atomic E-state index is 0.875. The van der Waals surface area contributed by atoms with Gasteiger partial charge in [-0.15, -0.1) is 0 Å². The monoisotopic (exact) mass is 210 g/mol. The first-order valence-corrected chi connectivity index (χ1v) is 5.52. The number of para-hydroxylation sites is 1. The van der Waals surface area contributed by atoms with Gasteiger partial charge >= 0.3 is 0 Å². The molecule has 2 aromatic carbocycles. The molecule has 0 amide bonds. The van der Waals surface area contributed by atoms with Gasteiger partial charge in [-0.25, -0.2) is 0 Å². The SMILES string of the molecule is Cc1ccc2c(c1)NCc1ccccc1N2. The first-order valence-electron chi connectivity index (χ1n) is 5.52. The van der Waals surface area contributed by atoms with Crippen LogP contribution in [0.4, 0.5) is 17.1 Å². The van der Waals surface area contributed by atoms with E-state index in [4.69, 9.17) is 0 Å². The lowest BCUT2D eigenvalue weighted by Crippen LogP contribution is -1.97. The van der Waals surface area contributed by atoms with Crippen LogP contribution in [0.1, 0.15) is 11.1 Å². The van der Waals surface area contributed by atoms with Gasteiger partial charge in [0.05, 0.1) is 11.4 Å². The summed E-state index contributed by atoms with van der Waals surface area (Å²) in [5, 5.41) is 6.93. The minimum atomic E-state index is 0.875. The third-order valence-electron chi connectivity index (χ3n) is 2.93. The smallest absolute Gasteiger partial charge is 0.0620 e. The summed E-state index contributed by atoms with van der Waals surface area (Å²) >= 11 is 0. The molecule has 0 atom stereocenters. The number of hydrogen-bond donors (Lipinski definition) is 2. The van der Waals surface area contributed by atoms with E-state index in [1.807, 2.05) is 0 Å². The Morgan fingerprint density at radius 2 is 1.81 bits per heavy atom. The molecule has 2 aromatic rings. The zero-order valence-electron chi connectivity index (χ0n) is 9.25. The quantitative estimate of drug-likeness (QED) is 0.693. The van der Waals surface area contributed by atoms with Crippen LogP contribution in [0.2, 0.25) is 0 Å². The highest BCUT2D eigenvalue weighted by Gasteiger charge is 2.10. The van der Waals surface area contributed by atoms with Gasteiger partial charge in [-0.3, -0.25) is 0 Å². The van der Waals surface area contributed by atoms with E-state index in [0.717, 1.165) is 12.2 Å². The molecule has 1 heterocycles. The topological polar surface area (TPSA) is 24.1 Å². The second-order valence-corrected chi connectivity index (χ2v) is 4.18. The molecule has 1 aliphatic heterocycles. The zero-order chi connectivity index (χ0) is 11.0. The number of nitrogens with one attached hydrogen (secondary N) is 2. The molecule has 0 saturated heterocycles. The van der Waals surface area contributed by atoms with Crippen molar-refractivity contribution in [1.29, 1.82) is 0 Å². The molecular formula is C14H14N2. The van der Waals surface area contributed by atoms with Crippen molar-refractivity contribution < 1.29 is 0 Å².